The maximum atomic E-state index is 12.8. The Labute approximate surface area is 100 Å². The average molecular weight is 258 g/mol. The number of anilines is 1. The number of nitrogens with one attached hydrogen (secondary N) is 1. The second-order valence-corrected chi connectivity index (χ2v) is 3.73. The zero-order valence-electron chi connectivity index (χ0n) is 9.12. The fourth-order valence-electron chi connectivity index (χ4n) is 1.76. The van der Waals surface area contributed by atoms with Crippen LogP contribution >= 0.6 is 0 Å². The van der Waals surface area contributed by atoms with Crippen LogP contribution in [-0.4, -0.2) is 24.9 Å². The third-order valence-electron chi connectivity index (χ3n) is 2.56. The van der Waals surface area contributed by atoms with Crippen molar-refractivity contribution in [2.45, 2.75) is 6.18 Å². The molecular weight excluding hydrogens is 249 g/mol. The summed E-state index contributed by atoms with van der Waals surface area (Å²) in [6.07, 6.45) is -4.56. The molecule has 0 saturated carbocycles. The van der Waals surface area contributed by atoms with Crippen molar-refractivity contribution in [3.05, 3.63) is 29.8 Å². The number of carbonyl (C=O) groups is 2. The number of rotatable bonds is 1. The van der Waals surface area contributed by atoms with Crippen molar-refractivity contribution in [2.24, 2.45) is 0 Å². The van der Waals surface area contributed by atoms with Gasteiger partial charge in [0.2, 0.25) is 0 Å². The van der Waals surface area contributed by atoms with E-state index in [2.05, 4.69) is 5.32 Å². The average Bonchev–Trinajstić information content (AvgIpc) is 2.32. The first kappa shape index (κ1) is 12.4. The molecule has 0 aliphatic carbocycles. The van der Waals surface area contributed by atoms with Crippen molar-refractivity contribution < 1.29 is 22.8 Å². The molecule has 1 fully saturated rings. The summed E-state index contributed by atoms with van der Waals surface area (Å²) in [5.74, 6) is -1.86. The highest BCUT2D eigenvalue weighted by atomic mass is 19.4. The number of hydrogen-bond acceptors (Lipinski definition) is 2. The molecule has 2 amide bonds. The number of nitrogens with zero attached hydrogens (tertiary/aromatic N) is 1. The lowest BCUT2D eigenvalue weighted by Crippen LogP contribution is -2.52. The van der Waals surface area contributed by atoms with E-state index in [1.54, 1.807) is 0 Å². The largest absolute Gasteiger partial charge is 0.418 e. The number of piperazine rings is 1. The van der Waals surface area contributed by atoms with Gasteiger partial charge >= 0.3 is 18.0 Å². The molecule has 1 aliphatic rings. The highest BCUT2D eigenvalue weighted by molar-refractivity contribution is 6.41. The summed E-state index contributed by atoms with van der Waals surface area (Å²) in [6.45, 7) is 0.161. The van der Waals surface area contributed by atoms with E-state index in [1.165, 1.54) is 18.2 Å². The lowest BCUT2D eigenvalue weighted by Gasteiger charge is -2.28. The summed E-state index contributed by atoms with van der Waals surface area (Å²) < 4.78 is 38.4. The van der Waals surface area contributed by atoms with Crippen LogP contribution in [0.4, 0.5) is 18.9 Å². The first-order valence-electron chi connectivity index (χ1n) is 5.17. The molecule has 0 unspecified atom stereocenters. The minimum Gasteiger partial charge on any atom is -0.346 e. The smallest absolute Gasteiger partial charge is 0.346 e. The standard InChI is InChI=1S/C11H9F3N2O2/c12-11(13,14)7-3-1-2-4-8(7)16-6-5-15-9(17)10(16)18/h1-4H,5-6H2,(H,15,17). The normalized spacial score (nSPS) is 16.7. The molecule has 2 rings (SSSR count). The predicted octanol–water partition coefficient (Wildman–Crippen LogP) is 1.17. The van der Waals surface area contributed by atoms with Crippen LogP contribution in [0.2, 0.25) is 0 Å². The molecule has 96 valence electrons. The molecule has 0 bridgehead atoms. The Balaban J connectivity index is 2.45. The molecule has 1 heterocycles. The zero-order chi connectivity index (χ0) is 13.3. The first-order valence-corrected chi connectivity index (χ1v) is 5.17. The molecule has 1 aromatic rings. The monoisotopic (exact) mass is 258 g/mol. The van der Waals surface area contributed by atoms with Gasteiger partial charge in [-0.2, -0.15) is 13.2 Å². The molecule has 18 heavy (non-hydrogen) atoms. The van der Waals surface area contributed by atoms with E-state index >= 15 is 0 Å². The van der Waals surface area contributed by atoms with E-state index in [9.17, 15) is 22.8 Å². The van der Waals surface area contributed by atoms with Gasteiger partial charge in [-0.05, 0) is 12.1 Å². The van der Waals surface area contributed by atoms with Crippen LogP contribution in [0.5, 0.6) is 0 Å². The van der Waals surface area contributed by atoms with Crippen LogP contribution in [0, 0.1) is 0 Å². The molecule has 0 spiro atoms. The second kappa shape index (κ2) is 4.32. The van der Waals surface area contributed by atoms with Gasteiger partial charge in [0, 0.05) is 13.1 Å². The van der Waals surface area contributed by atoms with Crippen LogP contribution in [0.25, 0.3) is 0 Å². The van der Waals surface area contributed by atoms with Crippen molar-refractivity contribution in [3.8, 4) is 0 Å². The van der Waals surface area contributed by atoms with Crippen molar-refractivity contribution in [1.82, 2.24) is 5.32 Å². The summed E-state index contributed by atoms with van der Waals surface area (Å²) in [7, 11) is 0. The zero-order valence-corrected chi connectivity index (χ0v) is 9.12. The van der Waals surface area contributed by atoms with E-state index in [4.69, 9.17) is 0 Å². The molecule has 1 aliphatic heterocycles. The van der Waals surface area contributed by atoms with E-state index in [0.29, 0.717) is 0 Å². The Bertz CT molecular complexity index is 499. The topological polar surface area (TPSA) is 49.4 Å². The number of alkyl halides is 3. The Kier molecular flexibility index (Phi) is 2.98. The SMILES string of the molecule is O=C1NCCN(c2ccccc2C(F)(F)F)C1=O. The summed E-state index contributed by atoms with van der Waals surface area (Å²) >= 11 is 0. The molecule has 4 nitrogen and oxygen atoms in total. The van der Waals surface area contributed by atoms with Crippen molar-refractivity contribution in [1.29, 1.82) is 0 Å². The number of para-hydroxylation sites is 1. The highest BCUT2D eigenvalue weighted by Gasteiger charge is 2.37. The third-order valence-corrected chi connectivity index (χ3v) is 2.56. The van der Waals surface area contributed by atoms with Gasteiger partial charge < -0.3 is 10.2 Å². The molecule has 0 aromatic heterocycles. The van der Waals surface area contributed by atoms with Gasteiger partial charge in [-0.25, -0.2) is 0 Å². The fraction of sp³-hybridized carbons (Fsp3) is 0.273. The van der Waals surface area contributed by atoms with Gasteiger partial charge in [-0.1, -0.05) is 12.1 Å². The molecule has 1 aromatic carbocycles. The lowest BCUT2D eigenvalue weighted by atomic mass is 10.1. The second-order valence-electron chi connectivity index (χ2n) is 3.73. The highest BCUT2D eigenvalue weighted by Crippen LogP contribution is 2.36. The van der Waals surface area contributed by atoms with Gasteiger partial charge in [0.25, 0.3) is 0 Å². The fourth-order valence-corrected chi connectivity index (χ4v) is 1.76. The van der Waals surface area contributed by atoms with Crippen LogP contribution in [-0.2, 0) is 15.8 Å². The Hall–Kier alpha value is -2.05. The van der Waals surface area contributed by atoms with Crippen LogP contribution < -0.4 is 10.2 Å². The number of halogens is 3. The summed E-state index contributed by atoms with van der Waals surface area (Å²) in [6, 6.07) is 4.69. The van der Waals surface area contributed by atoms with E-state index in [-0.39, 0.29) is 18.8 Å². The van der Waals surface area contributed by atoms with Crippen LogP contribution in [0.1, 0.15) is 5.56 Å². The van der Waals surface area contributed by atoms with E-state index < -0.39 is 23.6 Å². The van der Waals surface area contributed by atoms with Crippen LogP contribution in [0.15, 0.2) is 24.3 Å². The number of carbonyl (C=O) groups excluding carboxylic acids is 2. The minimum atomic E-state index is -4.56. The van der Waals surface area contributed by atoms with Gasteiger partial charge in [0.1, 0.15) is 0 Å². The minimum absolute atomic E-state index is 0.0255. The Morgan fingerprint density at radius 1 is 1.17 bits per heavy atom. The lowest BCUT2D eigenvalue weighted by molar-refractivity contribution is -0.140. The van der Waals surface area contributed by atoms with Crippen molar-refractivity contribution in [3.63, 3.8) is 0 Å². The quantitative estimate of drug-likeness (QED) is 0.769. The van der Waals surface area contributed by atoms with Gasteiger partial charge in [-0.15, -0.1) is 0 Å². The molecule has 1 N–H and O–H groups in total. The number of amides is 2. The molecule has 7 heteroatoms. The van der Waals surface area contributed by atoms with E-state index in [1.807, 2.05) is 0 Å². The van der Waals surface area contributed by atoms with Crippen molar-refractivity contribution >= 4 is 17.5 Å². The van der Waals surface area contributed by atoms with E-state index in [0.717, 1.165) is 11.0 Å². The van der Waals surface area contributed by atoms with Gasteiger partial charge in [-0.3, -0.25) is 9.59 Å². The predicted molar refractivity (Wildman–Crippen MR) is 56.8 cm³/mol. The Morgan fingerprint density at radius 3 is 2.50 bits per heavy atom. The number of hydrogen-bond donors (Lipinski definition) is 1. The third kappa shape index (κ3) is 2.15. The molecular formula is C11H9F3N2O2. The summed E-state index contributed by atoms with van der Waals surface area (Å²) in [5, 5.41) is 2.28. The molecule has 0 radical (unpaired) electrons. The van der Waals surface area contributed by atoms with Gasteiger partial charge in [0.05, 0.1) is 11.3 Å². The maximum absolute atomic E-state index is 12.8. The number of benzene rings is 1. The molecule has 0 atom stereocenters. The maximum Gasteiger partial charge on any atom is 0.418 e. The summed E-state index contributed by atoms with van der Waals surface area (Å²) in [5.41, 5.74) is -1.21. The van der Waals surface area contributed by atoms with Crippen LogP contribution in [0.3, 0.4) is 0 Å². The summed E-state index contributed by atoms with van der Waals surface area (Å²) in [4.78, 5) is 23.6. The van der Waals surface area contributed by atoms with Gasteiger partial charge in [0.15, 0.2) is 0 Å². The Morgan fingerprint density at radius 2 is 1.83 bits per heavy atom. The van der Waals surface area contributed by atoms with Crippen molar-refractivity contribution in [2.75, 3.05) is 18.0 Å². The molecule has 1 saturated heterocycles. The first-order chi connectivity index (χ1) is 8.41.